The third-order valence-electron chi connectivity index (χ3n) is 4.88. The van der Waals surface area contributed by atoms with Crippen molar-refractivity contribution < 1.29 is 8.42 Å². The van der Waals surface area contributed by atoms with Crippen LogP contribution in [-0.2, 0) is 10.0 Å². The van der Waals surface area contributed by atoms with Crippen LogP contribution in [0, 0.1) is 5.92 Å². The van der Waals surface area contributed by atoms with Gasteiger partial charge in [0.1, 0.15) is 0 Å². The number of hydrogen-bond acceptors (Lipinski definition) is 4. The molecule has 0 aliphatic carbocycles. The third-order valence-corrected chi connectivity index (χ3v) is 7.12. The van der Waals surface area contributed by atoms with E-state index in [1.54, 1.807) is 18.2 Å². The molecule has 130 valence electrons. The van der Waals surface area contributed by atoms with Crippen molar-refractivity contribution in [1.29, 1.82) is 0 Å². The summed E-state index contributed by atoms with van der Waals surface area (Å²) in [5.41, 5.74) is 0.117. The van der Waals surface area contributed by atoms with Gasteiger partial charge in [-0.05, 0) is 33.6 Å². The molecule has 0 aromatic carbocycles. The summed E-state index contributed by atoms with van der Waals surface area (Å²) < 4.78 is 26.7. The number of rotatable bonds is 4. The first kappa shape index (κ1) is 18.2. The Kier molecular flexibility index (Phi) is 5.27. The molecule has 2 heterocycles. The molecule has 0 bridgehead atoms. The van der Waals surface area contributed by atoms with Crippen molar-refractivity contribution in [2.45, 2.75) is 58.4 Å². The summed E-state index contributed by atoms with van der Waals surface area (Å²) in [5, 5.41) is -0.331. The topological polar surface area (TPSA) is 43.9 Å². The molecular formula is C16H33N3O2S. The lowest BCUT2D eigenvalue weighted by atomic mass is 9.92. The summed E-state index contributed by atoms with van der Waals surface area (Å²) in [6.45, 7) is 17.9. The van der Waals surface area contributed by atoms with E-state index in [9.17, 15) is 8.42 Å². The van der Waals surface area contributed by atoms with Crippen LogP contribution in [0.25, 0.3) is 0 Å². The van der Waals surface area contributed by atoms with Gasteiger partial charge in [-0.15, -0.1) is 0 Å². The van der Waals surface area contributed by atoms with Gasteiger partial charge in [0.25, 0.3) is 0 Å². The van der Waals surface area contributed by atoms with Gasteiger partial charge in [-0.3, -0.25) is 9.80 Å². The van der Waals surface area contributed by atoms with E-state index >= 15 is 0 Å². The molecule has 2 rings (SSSR count). The molecule has 0 amide bonds. The molecule has 0 aromatic rings. The summed E-state index contributed by atoms with van der Waals surface area (Å²) in [4.78, 5) is 5.04. The monoisotopic (exact) mass is 331 g/mol. The minimum atomic E-state index is -3.14. The number of piperazine rings is 2. The molecule has 0 N–H and O–H groups in total. The van der Waals surface area contributed by atoms with Gasteiger partial charge in [0, 0.05) is 50.8 Å². The average Bonchev–Trinajstić information content (AvgIpc) is 2.36. The van der Waals surface area contributed by atoms with Crippen molar-refractivity contribution in [2.75, 3.05) is 39.3 Å². The molecule has 2 aliphatic heterocycles. The van der Waals surface area contributed by atoms with Gasteiger partial charge in [0.15, 0.2) is 0 Å². The zero-order valence-corrected chi connectivity index (χ0v) is 15.9. The summed E-state index contributed by atoms with van der Waals surface area (Å²) >= 11 is 0. The van der Waals surface area contributed by atoms with Crippen LogP contribution in [0.5, 0.6) is 0 Å². The van der Waals surface area contributed by atoms with Gasteiger partial charge in [-0.2, -0.15) is 4.31 Å². The largest absolute Gasteiger partial charge is 0.300 e. The average molecular weight is 332 g/mol. The van der Waals surface area contributed by atoms with Crippen LogP contribution >= 0.6 is 0 Å². The fourth-order valence-corrected chi connectivity index (χ4v) is 5.28. The van der Waals surface area contributed by atoms with Crippen molar-refractivity contribution in [1.82, 2.24) is 14.1 Å². The smallest absolute Gasteiger partial charge is 0.216 e. The molecule has 0 aromatic heterocycles. The number of fused-ring (bicyclic) bond motifs is 1. The number of sulfonamides is 1. The molecule has 5 nitrogen and oxygen atoms in total. The van der Waals surface area contributed by atoms with E-state index in [0.29, 0.717) is 25.0 Å². The molecule has 1 unspecified atom stereocenters. The summed E-state index contributed by atoms with van der Waals surface area (Å²) in [5.74, 6) is 0.640. The Morgan fingerprint density at radius 3 is 2.27 bits per heavy atom. The first-order valence-corrected chi connectivity index (χ1v) is 10.0. The first-order valence-electron chi connectivity index (χ1n) is 8.52. The maximum Gasteiger partial charge on any atom is 0.216 e. The minimum absolute atomic E-state index is 0.117. The zero-order valence-electron chi connectivity index (χ0n) is 15.0. The van der Waals surface area contributed by atoms with Crippen LogP contribution in [0.3, 0.4) is 0 Å². The second-order valence-corrected chi connectivity index (χ2v) is 10.7. The minimum Gasteiger partial charge on any atom is -0.300 e. The Hall–Kier alpha value is -0.170. The van der Waals surface area contributed by atoms with Gasteiger partial charge >= 0.3 is 0 Å². The highest BCUT2D eigenvalue weighted by Gasteiger charge is 2.44. The highest BCUT2D eigenvalue weighted by molar-refractivity contribution is 7.89. The predicted molar refractivity (Wildman–Crippen MR) is 91.5 cm³/mol. The van der Waals surface area contributed by atoms with Crippen molar-refractivity contribution in [3.63, 3.8) is 0 Å². The molecule has 2 saturated heterocycles. The predicted octanol–water partition coefficient (Wildman–Crippen LogP) is 1.46. The van der Waals surface area contributed by atoms with E-state index in [0.717, 1.165) is 26.2 Å². The maximum absolute atomic E-state index is 12.5. The highest BCUT2D eigenvalue weighted by Crippen LogP contribution is 2.29. The lowest BCUT2D eigenvalue weighted by molar-refractivity contribution is -0.0535. The van der Waals surface area contributed by atoms with Crippen LogP contribution in [0.15, 0.2) is 0 Å². The molecule has 2 fully saturated rings. The molecule has 1 atom stereocenters. The zero-order chi connectivity index (χ0) is 16.7. The molecule has 22 heavy (non-hydrogen) atoms. The molecule has 2 aliphatic rings. The Labute approximate surface area is 136 Å². The lowest BCUT2D eigenvalue weighted by Crippen LogP contribution is -2.70. The molecular weight excluding hydrogens is 298 g/mol. The second-order valence-electron chi connectivity index (χ2n) is 8.20. The molecule has 0 saturated carbocycles. The van der Waals surface area contributed by atoms with E-state index in [4.69, 9.17) is 0 Å². The van der Waals surface area contributed by atoms with Crippen molar-refractivity contribution in [3.8, 4) is 0 Å². The van der Waals surface area contributed by atoms with E-state index in [1.165, 1.54) is 0 Å². The maximum atomic E-state index is 12.5. The van der Waals surface area contributed by atoms with E-state index in [1.807, 2.05) is 0 Å². The fourth-order valence-electron chi connectivity index (χ4n) is 3.97. The van der Waals surface area contributed by atoms with Crippen LogP contribution in [0.4, 0.5) is 0 Å². The van der Waals surface area contributed by atoms with Crippen molar-refractivity contribution in [3.05, 3.63) is 0 Å². The fraction of sp³-hybridized carbons (Fsp3) is 1.00. The highest BCUT2D eigenvalue weighted by atomic mass is 32.2. The Morgan fingerprint density at radius 2 is 1.73 bits per heavy atom. The summed E-state index contributed by atoms with van der Waals surface area (Å²) in [6.07, 6.45) is 0. The molecule has 6 heteroatoms. The van der Waals surface area contributed by atoms with Gasteiger partial charge in [0.2, 0.25) is 10.0 Å². The standard InChI is InChI=1S/C16H33N3O2S/c1-13(2)9-17-10-15-11-18(22(20,21)14(3)4)7-8-19(15)16(5,6)12-17/h13-15H,7-12H2,1-6H3. The Balaban J connectivity index is 2.14. The number of hydrogen-bond donors (Lipinski definition) is 0. The van der Waals surface area contributed by atoms with Crippen molar-refractivity contribution in [2.24, 2.45) is 5.92 Å². The number of nitrogens with zero attached hydrogens (tertiary/aromatic N) is 3. The van der Waals surface area contributed by atoms with Gasteiger partial charge in [0.05, 0.1) is 5.25 Å². The van der Waals surface area contributed by atoms with E-state index in [-0.39, 0.29) is 10.8 Å². The van der Waals surface area contributed by atoms with Gasteiger partial charge in [-0.1, -0.05) is 13.8 Å². The van der Waals surface area contributed by atoms with Crippen molar-refractivity contribution >= 4 is 10.0 Å². The Bertz CT molecular complexity index is 488. The summed E-state index contributed by atoms with van der Waals surface area (Å²) in [7, 11) is -3.14. The van der Waals surface area contributed by atoms with E-state index in [2.05, 4.69) is 37.5 Å². The quantitative estimate of drug-likeness (QED) is 0.782. The van der Waals surface area contributed by atoms with E-state index < -0.39 is 10.0 Å². The summed E-state index contributed by atoms with van der Waals surface area (Å²) in [6, 6.07) is 0.310. The molecule has 0 spiro atoms. The normalized spacial score (nSPS) is 28.3. The Morgan fingerprint density at radius 1 is 1.09 bits per heavy atom. The molecule has 0 radical (unpaired) electrons. The first-order chi connectivity index (χ1) is 10.0. The SMILES string of the molecule is CC(C)CN1CC2CN(S(=O)(=O)C(C)C)CCN2C(C)(C)C1. The van der Waals surface area contributed by atoms with Crippen LogP contribution < -0.4 is 0 Å². The van der Waals surface area contributed by atoms with Crippen LogP contribution in [0.2, 0.25) is 0 Å². The van der Waals surface area contributed by atoms with Gasteiger partial charge < -0.3 is 0 Å². The third kappa shape index (κ3) is 3.66. The van der Waals surface area contributed by atoms with Crippen LogP contribution in [0.1, 0.15) is 41.5 Å². The lowest BCUT2D eigenvalue weighted by Gasteiger charge is -2.55. The van der Waals surface area contributed by atoms with Crippen LogP contribution in [-0.4, -0.2) is 78.6 Å². The van der Waals surface area contributed by atoms with Gasteiger partial charge in [-0.25, -0.2) is 8.42 Å². The second kappa shape index (κ2) is 6.38.